The summed E-state index contributed by atoms with van der Waals surface area (Å²) in [7, 11) is 0. The second-order valence-corrected chi connectivity index (χ2v) is 7.21. The van der Waals surface area contributed by atoms with Gasteiger partial charge in [-0.2, -0.15) is 0 Å². The molecule has 1 saturated heterocycles. The van der Waals surface area contributed by atoms with Gasteiger partial charge in [-0.25, -0.2) is 0 Å². The molecule has 30 heavy (non-hydrogen) atoms. The van der Waals surface area contributed by atoms with Crippen LogP contribution in [-0.4, -0.2) is 55.6 Å². The van der Waals surface area contributed by atoms with Gasteiger partial charge < -0.3 is 39.8 Å². The van der Waals surface area contributed by atoms with Gasteiger partial charge in [-0.05, 0) is 24.3 Å². The molecular formula is C21H20O9. The minimum atomic E-state index is -1.48. The molecule has 9 nitrogen and oxygen atoms in total. The molecule has 0 saturated carbocycles. The molecule has 4 atom stereocenters. The van der Waals surface area contributed by atoms with Crippen molar-refractivity contribution in [1.82, 2.24) is 0 Å². The molecule has 4 rings (SSSR count). The topological polar surface area (TPSA) is 161 Å². The lowest BCUT2D eigenvalue weighted by Gasteiger charge is -2.37. The van der Waals surface area contributed by atoms with Crippen molar-refractivity contribution in [3.05, 3.63) is 52.2 Å². The van der Waals surface area contributed by atoms with Gasteiger partial charge in [0.15, 0.2) is 11.0 Å². The van der Waals surface area contributed by atoms with E-state index in [0.717, 1.165) is 12.1 Å². The van der Waals surface area contributed by atoms with E-state index in [1.807, 2.05) is 0 Å². The molecule has 2 aromatic carbocycles. The zero-order chi connectivity index (χ0) is 21.6. The highest BCUT2D eigenvalue weighted by molar-refractivity contribution is 5.89. The number of benzene rings is 2. The first-order valence-electron chi connectivity index (χ1n) is 9.24. The van der Waals surface area contributed by atoms with E-state index in [1.54, 1.807) is 0 Å². The van der Waals surface area contributed by atoms with Crippen molar-refractivity contribution >= 4 is 11.0 Å². The zero-order valence-corrected chi connectivity index (χ0v) is 15.6. The Morgan fingerprint density at radius 1 is 1.00 bits per heavy atom. The SMILES string of the molecule is O=c1cc(-c2ccc(O)cc2)oc2c(C3OC(CO)CC(O)C3O)c(O)cc(O)c12. The summed E-state index contributed by atoms with van der Waals surface area (Å²) in [5.41, 5.74) is -0.523. The third-order valence-electron chi connectivity index (χ3n) is 5.19. The first-order chi connectivity index (χ1) is 14.3. The fraction of sp³-hybridized carbons (Fsp3) is 0.286. The van der Waals surface area contributed by atoms with E-state index in [2.05, 4.69) is 0 Å². The first-order valence-corrected chi connectivity index (χ1v) is 9.24. The van der Waals surface area contributed by atoms with Crippen LogP contribution in [0.15, 0.2) is 45.6 Å². The van der Waals surface area contributed by atoms with Crippen LogP contribution < -0.4 is 5.43 Å². The van der Waals surface area contributed by atoms with Crippen LogP contribution in [-0.2, 0) is 4.74 Å². The molecule has 0 amide bonds. The predicted molar refractivity (Wildman–Crippen MR) is 104 cm³/mol. The van der Waals surface area contributed by atoms with Crippen molar-refractivity contribution in [3.8, 4) is 28.6 Å². The molecule has 6 N–H and O–H groups in total. The monoisotopic (exact) mass is 416 g/mol. The summed E-state index contributed by atoms with van der Waals surface area (Å²) in [6.45, 7) is -0.431. The van der Waals surface area contributed by atoms with Crippen LogP contribution in [0.25, 0.3) is 22.3 Å². The van der Waals surface area contributed by atoms with Crippen molar-refractivity contribution in [1.29, 1.82) is 0 Å². The van der Waals surface area contributed by atoms with E-state index in [0.29, 0.717) is 5.56 Å². The molecule has 4 unspecified atom stereocenters. The molecular weight excluding hydrogens is 396 g/mol. The Hall–Kier alpha value is -3.11. The lowest BCUT2D eigenvalue weighted by Crippen LogP contribution is -2.44. The average molecular weight is 416 g/mol. The van der Waals surface area contributed by atoms with Gasteiger partial charge in [0, 0.05) is 24.1 Å². The number of fused-ring (bicyclic) bond motifs is 1. The Morgan fingerprint density at radius 3 is 2.37 bits per heavy atom. The Balaban J connectivity index is 1.97. The minimum absolute atomic E-state index is 0.0145. The van der Waals surface area contributed by atoms with Crippen molar-refractivity contribution in [3.63, 3.8) is 0 Å². The molecule has 3 aromatic rings. The Kier molecular flexibility index (Phi) is 5.12. The van der Waals surface area contributed by atoms with Crippen LogP contribution >= 0.6 is 0 Å². The quantitative estimate of drug-likeness (QED) is 0.367. The van der Waals surface area contributed by atoms with E-state index in [9.17, 15) is 35.4 Å². The summed E-state index contributed by atoms with van der Waals surface area (Å²) < 4.78 is 11.5. The molecule has 0 spiro atoms. The van der Waals surface area contributed by atoms with Gasteiger partial charge in [0.2, 0.25) is 0 Å². The van der Waals surface area contributed by atoms with E-state index in [1.165, 1.54) is 24.3 Å². The number of rotatable bonds is 3. The number of aliphatic hydroxyl groups is 3. The number of hydrogen-bond acceptors (Lipinski definition) is 9. The normalized spacial score (nSPS) is 24.2. The summed E-state index contributed by atoms with van der Waals surface area (Å²) in [4.78, 5) is 12.7. The fourth-order valence-corrected chi connectivity index (χ4v) is 3.67. The van der Waals surface area contributed by atoms with Crippen molar-refractivity contribution in [2.45, 2.75) is 30.8 Å². The maximum Gasteiger partial charge on any atom is 0.197 e. The number of ether oxygens (including phenoxy) is 1. The van der Waals surface area contributed by atoms with E-state index >= 15 is 0 Å². The third-order valence-corrected chi connectivity index (χ3v) is 5.19. The molecule has 0 bridgehead atoms. The molecule has 1 aliphatic rings. The molecule has 1 aromatic heterocycles. The maximum absolute atomic E-state index is 12.7. The summed E-state index contributed by atoms with van der Waals surface area (Å²) >= 11 is 0. The Labute approximate surface area is 169 Å². The maximum atomic E-state index is 12.7. The van der Waals surface area contributed by atoms with Crippen molar-refractivity contribution in [2.24, 2.45) is 0 Å². The molecule has 1 fully saturated rings. The summed E-state index contributed by atoms with van der Waals surface area (Å²) in [6, 6.07) is 7.91. The Morgan fingerprint density at radius 2 is 1.70 bits per heavy atom. The van der Waals surface area contributed by atoms with E-state index in [4.69, 9.17) is 9.15 Å². The van der Waals surface area contributed by atoms with Crippen LogP contribution in [0.5, 0.6) is 17.2 Å². The molecule has 9 heteroatoms. The van der Waals surface area contributed by atoms with Gasteiger partial charge in [-0.1, -0.05) is 0 Å². The second-order valence-electron chi connectivity index (χ2n) is 7.21. The van der Waals surface area contributed by atoms with Gasteiger partial charge in [0.05, 0.1) is 24.4 Å². The lowest BCUT2D eigenvalue weighted by molar-refractivity contribution is -0.179. The van der Waals surface area contributed by atoms with Gasteiger partial charge in [0.1, 0.15) is 40.6 Å². The van der Waals surface area contributed by atoms with E-state index < -0.39 is 48.0 Å². The molecule has 0 aliphatic carbocycles. The van der Waals surface area contributed by atoms with Gasteiger partial charge >= 0.3 is 0 Å². The second kappa shape index (κ2) is 7.62. The molecule has 1 aliphatic heterocycles. The average Bonchev–Trinajstić information content (AvgIpc) is 2.70. The zero-order valence-electron chi connectivity index (χ0n) is 15.6. The molecule has 2 heterocycles. The Bertz CT molecular complexity index is 1140. The summed E-state index contributed by atoms with van der Waals surface area (Å²) in [6.07, 6.45) is -4.89. The van der Waals surface area contributed by atoms with Crippen LogP contribution in [0.4, 0.5) is 0 Å². The highest BCUT2D eigenvalue weighted by Crippen LogP contribution is 2.43. The fourth-order valence-electron chi connectivity index (χ4n) is 3.67. The van der Waals surface area contributed by atoms with Crippen molar-refractivity contribution in [2.75, 3.05) is 6.61 Å². The standard InChI is InChI=1S/C21H20O9/c22-8-11-5-15(27)19(28)21(29-11)18-13(25)6-12(24)17-14(26)7-16(30-20(17)18)9-1-3-10(23)4-2-9/h1-4,6-7,11,15,19,21-25,27-28H,5,8H2. The first kappa shape index (κ1) is 20.2. The number of phenols is 3. The van der Waals surface area contributed by atoms with Gasteiger partial charge in [0.25, 0.3) is 0 Å². The highest BCUT2D eigenvalue weighted by atomic mass is 16.5. The number of hydrogen-bond donors (Lipinski definition) is 6. The van der Waals surface area contributed by atoms with Gasteiger partial charge in [-0.15, -0.1) is 0 Å². The lowest BCUT2D eigenvalue weighted by atomic mass is 9.91. The largest absolute Gasteiger partial charge is 0.508 e. The summed E-state index contributed by atoms with van der Waals surface area (Å²) in [5, 5.41) is 60.0. The van der Waals surface area contributed by atoms with Crippen LogP contribution in [0.2, 0.25) is 0 Å². The van der Waals surface area contributed by atoms with Gasteiger partial charge in [-0.3, -0.25) is 4.79 Å². The van der Waals surface area contributed by atoms with E-state index in [-0.39, 0.29) is 34.5 Å². The molecule has 0 radical (unpaired) electrons. The summed E-state index contributed by atoms with van der Waals surface area (Å²) in [5.74, 6) is -0.938. The number of aromatic hydroxyl groups is 3. The highest BCUT2D eigenvalue weighted by Gasteiger charge is 2.40. The smallest absolute Gasteiger partial charge is 0.197 e. The predicted octanol–water partition coefficient (Wildman–Crippen LogP) is 1.12. The molecule has 158 valence electrons. The van der Waals surface area contributed by atoms with Crippen molar-refractivity contribution < 1.29 is 39.8 Å². The minimum Gasteiger partial charge on any atom is -0.508 e. The third kappa shape index (κ3) is 3.37. The van der Waals surface area contributed by atoms with Crippen LogP contribution in [0, 0.1) is 0 Å². The van der Waals surface area contributed by atoms with Crippen LogP contribution in [0.1, 0.15) is 18.1 Å². The number of aliphatic hydroxyl groups excluding tert-OH is 3. The number of phenolic OH excluding ortho intramolecular Hbond substituents is 3. The van der Waals surface area contributed by atoms with Crippen LogP contribution in [0.3, 0.4) is 0 Å².